The number of rotatable bonds is 2. The zero-order chi connectivity index (χ0) is 91.8. The third kappa shape index (κ3) is 12.7. The van der Waals surface area contributed by atoms with Gasteiger partial charge in [-0.15, -0.1) is 22.7 Å². The molecule has 0 aliphatic carbocycles. The molecule has 20 aromatic carbocycles. The molecule has 0 saturated heterocycles. The van der Waals surface area contributed by atoms with Crippen LogP contribution in [0.4, 0.5) is 0 Å². The number of benzene rings is 20. The van der Waals surface area contributed by atoms with E-state index in [1.54, 1.807) is 0 Å². The number of thiophene rings is 2. The molecule has 0 unspecified atom stereocenters. The lowest BCUT2D eigenvalue weighted by atomic mass is 10.0. The number of aryl methyl sites for hydroxylation is 6. The van der Waals surface area contributed by atoms with Gasteiger partial charge in [-0.2, -0.15) is 0 Å². The topological polar surface area (TPSA) is 98.6 Å². The molecule has 0 atom stereocenters. The van der Waals surface area contributed by atoms with E-state index in [0.29, 0.717) is 0 Å². The molecule has 0 aliphatic heterocycles. The minimum Gasteiger partial charge on any atom is -0.456 e. The van der Waals surface area contributed by atoms with E-state index in [9.17, 15) is 0 Å². The molecule has 12 aromatic heterocycles. The summed E-state index contributed by atoms with van der Waals surface area (Å²) < 4.78 is 51.5. The number of aromatic nitrogens is 4. The van der Waals surface area contributed by atoms with E-state index in [4.69, 9.17) is 26.5 Å². The van der Waals surface area contributed by atoms with Crippen LogP contribution < -0.4 is 0 Å². The lowest BCUT2D eigenvalue weighted by molar-refractivity contribution is 0.632. The maximum absolute atomic E-state index is 6.47. The van der Waals surface area contributed by atoms with Gasteiger partial charge in [0.25, 0.3) is 0 Å². The Morgan fingerprint density at radius 1 is 0.203 bits per heavy atom. The summed E-state index contributed by atoms with van der Waals surface area (Å²) in [4.78, 5) is 0. The molecule has 0 amide bonds. The molecule has 656 valence electrons. The molecule has 138 heavy (non-hydrogen) atoms. The molecule has 0 fully saturated rings. The van der Waals surface area contributed by atoms with Gasteiger partial charge >= 0.3 is 0 Å². The van der Waals surface area contributed by atoms with Gasteiger partial charge in [-0.25, -0.2) is 0 Å². The Bertz CT molecular complexity index is 10600. The lowest BCUT2D eigenvalue weighted by Crippen LogP contribution is -1.93. The van der Waals surface area contributed by atoms with Crippen LogP contribution in [0, 0.1) is 20.8 Å². The lowest BCUT2D eigenvalue weighted by Gasteiger charge is -2.07. The number of para-hydroxylation sites is 11. The average molecular weight is 1810 g/mol. The first-order valence-electron chi connectivity index (χ1n) is 46.7. The highest BCUT2D eigenvalue weighted by Crippen LogP contribution is 2.48. The van der Waals surface area contributed by atoms with E-state index in [1.807, 2.05) is 77.3 Å². The van der Waals surface area contributed by atoms with Crippen molar-refractivity contribution in [1.82, 2.24) is 18.3 Å². The summed E-state index contributed by atoms with van der Waals surface area (Å²) in [7, 11) is 6.44. The standard InChI is InChI=1S/2C25H17NO.2C19H13NS.2C19H12O2/c1-26-22-11-4-2-7-18(22)21-15-16(13-14-23(21)26)17-9-6-10-20-19-8-3-5-12-24(19)27-25(17)20;1-16-8-7-12-20-21-15-14-19-18-11-5-6-13-22(18)26(17-9-3-2-4-10-17)23(19)25(21)27-24(16)20;1-20-15-8-4-2-7-14(15)18-16(20)11-10-13-12-6-3-5-9-17(12)21-19(13)18;1-20-16-8-4-2-6-12(16)14-11-19-15(10-17(14)20)13-7-3-5-9-18(13)21-19;1-11-5-4-7-13-15-10-9-14-12-6-2-3-8-16(12)20-18(14)19(15)21-17(11)13;1-11-6-7-17-13(8-11)15-10-18-14(9-19(15)21-17)12-4-2-3-5-16(12)20-18/h2*2-15H,1H3;2*2-11H,1H3;2*2-10H,1H3. The van der Waals surface area contributed by atoms with Gasteiger partial charge in [0.15, 0.2) is 16.7 Å². The van der Waals surface area contributed by atoms with Crippen molar-refractivity contribution in [2.75, 3.05) is 0 Å². The maximum Gasteiger partial charge on any atom is 0.178 e. The largest absolute Gasteiger partial charge is 0.456 e. The van der Waals surface area contributed by atoms with Crippen LogP contribution in [-0.4, -0.2) is 18.3 Å². The van der Waals surface area contributed by atoms with E-state index in [1.165, 1.54) is 160 Å². The van der Waals surface area contributed by atoms with Crippen molar-refractivity contribution in [3.8, 4) is 16.8 Å². The smallest absolute Gasteiger partial charge is 0.178 e. The Hall–Kier alpha value is -17.2. The normalized spacial score (nSPS) is 12.0. The second-order valence-electron chi connectivity index (χ2n) is 36.2. The molecule has 0 saturated carbocycles. The van der Waals surface area contributed by atoms with Crippen LogP contribution in [0.2, 0.25) is 0 Å². The Morgan fingerprint density at radius 3 is 1.27 bits per heavy atom. The van der Waals surface area contributed by atoms with Gasteiger partial charge in [-0.1, -0.05) is 266 Å². The second kappa shape index (κ2) is 31.8. The van der Waals surface area contributed by atoms with Crippen LogP contribution in [0.3, 0.4) is 0 Å². The highest BCUT2D eigenvalue weighted by molar-refractivity contribution is 7.27. The summed E-state index contributed by atoms with van der Waals surface area (Å²) in [6.07, 6.45) is 0. The third-order valence-electron chi connectivity index (χ3n) is 28.3. The maximum atomic E-state index is 6.47. The molecule has 12 heteroatoms. The molecule has 0 spiro atoms. The summed E-state index contributed by atoms with van der Waals surface area (Å²) in [6, 6.07) is 141. The molecular weight excluding hydrogens is 1730 g/mol. The molecule has 10 nitrogen and oxygen atoms in total. The average Bonchev–Trinajstić information content (AvgIpc) is 1.56. The summed E-state index contributed by atoms with van der Waals surface area (Å²) in [5.41, 5.74) is 28.1. The van der Waals surface area contributed by atoms with Gasteiger partial charge in [0.05, 0.1) is 16.6 Å². The summed E-state index contributed by atoms with van der Waals surface area (Å²) in [6.45, 7) is 6.27. The number of furan rings is 6. The minimum atomic E-state index is 0.837. The molecule has 0 N–H and O–H groups in total. The monoisotopic (exact) mass is 1810 g/mol. The van der Waals surface area contributed by atoms with Crippen molar-refractivity contribution in [1.29, 1.82) is 0 Å². The van der Waals surface area contributed by atoms with E-state index in [2.05, 4.69) is 406 Å². The van der Waals surface area contributed by atoms with Crippen LogP contribution in [0.1, 0.15) is 16.7 Å². The Balaban J connectivity index is 0.0000000838. The van der Waals surface area contributed by atoms with Crippen LogP contribution in [0.5, 0.6) is 0 Å². The van der Waals surface area contributed by atoms with E-state index < -0.39 is 0 Å². The Morgan fingerprint density at radius 2 is 0.616 bits per heavy atom. The van der Waals surface area contributed by atoms with Crippen LogP contribution in [0.25, 0.3) is 276 Å². The van der Waals surface area contributed by atoms with Gasteiger partial charge in [-0.05, 0) is 177 Å². The fourth-order valence-corrected chi connectivity index (χ4v) is 24.1. The van der Waals surface area contributed by atoms with Gasteiger partial charge in [-0.3, -0.25) is 0 Å². The van der Waals surface area contributed by atoms with Gasteiger partial charge in [0.2, 0.25) is 0 Å². The number of hydrogen-bond donors (Lipinski definition) is 0. The first-order valence-corrected chi connectivity index (χ1v) is 48.4. The molecule has 12 heterocycles. The zero-order valence-electron chi connectivity index (χ0n) is 76.2. The van der Waals surface area contributed by atoms with Crippen molar-refractivity contribution in [3.05, 3.63) is 417 Å². The van der Waals surface area contributed by atoms with Gasteiger partial charge in [0.1, 0.15) is 50.2 Å². The highest BCUT2D eigenvalue weighted by atomic mass is 32.1. The minimum absolute atomic E-state index is 0.837. The molecule has 0 aliphatic rings. The first kappa shape index (κ1) is 80.5. The quantitative estimate of drug-likeness (QED) is 0.171. The number of fused-ring (bicyclic) bond motifs is 39. The van der Waals surface area contributed by atoms with E-state index >= 15 is 0 Å². The van der Waals surface area contributed by atoms with E-state index in [-0.39, 0.29) is 0 Å². The molecule has 0 bridgehead atoms. The zero-order valence-corrected chi connectivity index (χ0v) is 77.8. The highest BCUT2D eigenvalue weighted by Gasteiger charge is 2.24. The molecule has 32 rings (SSSR count). The van der Waals surface area contributed by atoms with Crippen LogP contribution in [0.15, 0.2) is 427 Å². The molecule has 0 radical (unpaired) electrons. The van der Waals surface area contributed by atoms with Crippen molar-refractivity contribution in [2.45, 2.75) is 20.8 Å². The van der Waals surface area contributed by atoms with Gasteiger partial charge < -0.3 is 44.8 Å². The van der Waals surface area contributed by atoms with Crippen LogP contribution >= 0.6 is 22.7 Å². The fraction of sp³-hybridized carbons (Fsp3) is 0.0476. The Kier molecular flexibility index (Phi) is 18.5. The number of hydrogen-bond acceptors (Lipinski definition) is 8. The van der Waals surface area contributed by atoms with Crippen molar-refractivity contribution >= 4 is 282 Å². The predicted molar refractivity (Wildman–Crippen MR) is 584 cm³/mol. The first-order chi connectivity index (χ1) is 67.9. The molecule has 32 aromatic rings. The van der Waals surface area contributed by atoms with Crippen molar-refractivity contribution in [2.24, 2.45) is 21.1 Å². The third-order valence-corrected chi connectivity index (χ3v) is 30.6. The van der Waals surface area contributed by atoms with E-state index in [0.717, 1.165) is 132 Å². The summed E-state index contributed by atoms with van der Waals surface area (Å²) >= 11 is 3.79. The van der Waals surface area contributed by atoms with Crippen molar-refractivity contribution in [3.63, 3.8) is 0 Å². The Labute approximate surface area is 796 Å². The van der Waals surface area contributed by atoms with Crippen LogP contribution in [-0.2, 0) is 21.1 Å². The SMILES string of the molecule is Cc1ccc2oc3cc4c(cc3c2c1)oc1ccccc14.Cc1cccc2c1oc1c2ccc2c3ccccc3n(-c3ccccc3)c21.Cc1cccc2c1oc1c2ccc2c3ccccc3oc21.Cn1c2ccccc2c2c3sc4ccccc4c3ccc21.Cn1c2ccccc2c2cc(-c3cccc4c3oc3ccccc34)ccc21.Cn1c2ccccc2c2cc3sc4ccccc4c3cc21. The van der Waals surface area contributed by atoms with Gasteiger partial charge in [0, 0.05) is 208 Å². The summed E-state index contributed by atoms with van der Waals surface area (Å²) in [5.74, 6) is 0. The predicted octanol–water partition coefficient (Wildman–Crippen LogP) is 36.9. The molecular formula is C126H84N4O6S2. The van der Waals surface area contributed by atoms with Crippen molar-refractivity contribution < 1.29 is 26.5 Å². The second-order valence-corrected chi connectivity index (χ2v) is 38.4. The fourth-order valence-electron chi connectivity index (χ4n) is 21.7. The number of nitrogens with zero attached hydrogens (tertiary/aromatic N) is 4. The summed E-state index contributed by atoms with van der Waals surface area (Å²) in [5, 5.41) is 29.6.